The van der Waals surface area contributed by atoms with Crippen LogP contribution in [0.4, 0.5) is 14.5 Å². The second kappa shape index (κ2) is 4.74. The third-order valence-electron chi connectivity index (χ3n) is 2.05. The van der Waals surface area contributed by atoms with Crippen LogP contribution in [0.5, 0.6) is 0 Å². The number of benzene rings is 1. The summed E-state index contributed by atoms with van der Waals surface area (Å²) in [6.45, 7) is 3.70. The van der Waals surface area contributed by atoms with E-state index in [0.29, 0.717) is 0 Å². The largest absolute Gasteiger partial charge is 0.367 e. The van der Waals surface area contributed by atoms with E-state index in [2.05, 4.69) is 5.32 Å². The molecule has 1 atom stereocenters. The van der Waals surface area contributed by atoms with E-state index in [-0.39, 0.29) is 11.6 Å². The average Bonchev–Trinajstić information content (AvgIpc) is 2.16. The molecular weight excluding hydrogens is 198 g/mol. The summed E-state index contributed by atoms with van der Waals surface area (Å²) in [4.78, 5) is 0. The molecule has 0 saturated heterocycles. The van der Waals surface area contributed by atoms with Gasteiger partial charge in [-0.2, -0.15) is 5.26 Å². The maximum Gasteiger partial charge on any atom is 0.149 e. The van der Waals surface area contributed by atoms with E-state index in [9.17, 15) is 8.78 Å². The first-order valence-corrected chi connectivity index (χ1v) is 4.65. The van der Waals surface area contributed by atoms with Gasteiger partial charge in [0.1, 0.15) is 17.7 Å². The molecule has 0 aliphatic carbocycles. The van der Waals surface area contributed by atoms with Gasteiger partial charge < -0.3 is 5.32 Å². The van der Waals surface area contributed by atoms with Crippen molar-refractivity contribution in [1.29, 1.82) is 5.26 Å². The van der Waals surface area contributed by atoms with Gasteiger partial charge in [0.2, 0.25) is 0 Å². The van der Waals surface area contributed by atoms with Crippen molar-refractivity contribution in [3.8, 4) is 6.07 Å². The minimum Gasteiger partial charge on any atom is -0.367 e. The minimum atomic E-state index is -0.684. The van der Waals surface area contributed by atoms with Crippen molar-refractivity contribution in [1.82, 2.24) is 0 Å². The molecule has 0 saturated carbocycles. The molecule has 2 nitrogen and oxygen atoms in total. The highest BCUT2D eigenvalue weighted by atomic mass is 19.1. The Balaban J connectivity index is 2.85. The maximum atomic E-state index is 13.2. The summed E-state index contributed by atoms with van der Waals surface area (Å²) in [5.74, 6) is -1.26. The molecule has 0 spiro atoms. The molecule has 4 heteroatoms. The molecule has 1 aromatic carbocycles. The van der Waals surface area contributed by atoms with E-state index in [1.807, 2.05) is 19.9 Å². The topological polar surface area (TPSA) is 35.8 Å². The van der Waals surface area contributed by atoms with Gasteiger partial charge in [0.05, 0.1) is 11.8 Å². The summed E-state index contributed by atoms with van der Waals surface area (Å²) in [7, 11) is 0. The summed E-state index contributed by atoms with van der Waals surface area (Å²) in [6.07, 6.45) is 0. The quantitative estimate of drug-likeness (QED) is 0.832. The fourth-order valence-electron chi connectivity index (χ4n) is 1.12. The number of nitrogens with one attached hydrogen (secondary N) is 1. The molecule has 0 radical (unpaired) electrons. The van der Waals surface area contributed by atoms with Crippen LogP contribution in [-0.4, -0.2) is 6.04 Å². The van der Waals surface area contributed by atoms with Gasteiger partial charge in [-0.15, -0.1) is 0 Å². The van der Waals surface area contributed by atoms with E-state index in [4.69, 9.17) is 5.26 Å². The van der Waals surface area contributed by atoms with Gasteiger partial charge >= 0.3 is 0 Å². The van der Waals surface area contributed by atoms with Crippen LogP contribution >= 0.6 is 0 Å². The number of rotatable bonds is 3. The van der Waals surface area contributed by atoms with Gasteiger partial charge in [-0.25, -0.2) is 8.78 Å². The summed E-state index contributed by atoms with van der Waals surface area (Å²) in [6, 6.07) is 4.77. The van der Waals surface area contributed by atoms with Crippen molar-refractivity contribution in [3.05, 3.63) is 29.8 Å². The molecule has 1 unspecified atom stereocenters. The SMILES string of the molecule is CC(C)C(C#N)Nc1ccc(F)cc1F. The molecule has 80 valence electrons. The zero-order valence-corrected chi connectivity index (χ0v) is 8.59. The molecule has 0 aromatic heterocycles. The second-order valence-corrected chi connectivity index (χ2v) is 3.62. The molecule has 0 amide bonds. The molecule has 0 aliphatic heterocycles. The van der Waals surface area contributed by atoms with Crippen molar-refractivity contribution in [3.63, 3.8) is 0 Å². The zero-order valence-electron chi connectivity index (χ0n) is 8.59. The van der Waals surface area contributed by atoms with Crippen LogP contribution in [0.25, 0.3) is 0 Å². The molecule has 0 aliphatic rings. The minimum absolute atomic E-state index is 0.0550. The van der Waals surface area contributed by atoms with Gasteiger partial charge in [-0.1, -0.05) is 13.8 Å². The third-order valence-corrected chi connectivity index (χ3v) is 2.05. The van der Waals surface area contributed by atoms with Gasteiger partial charge in [-0.05, 0) is 18.1 Å². The van der Waals surface area contributed by atoms with Gasteiger partial charge in [0, 0.05) is 6.07 Å². The van der Waals surface area contributed by atoms with Crippen molar-refractivity contribution in [2.45, 2.75) is 19.9 Å². The van der Waals surface area contributed by atoms with E-state index in [0.717, 1.165) is 12.1 Å². The Morgan fingerprint density at radius 2 is 2.00 bits per heavy atom. The predicted molar refractivity (Wildman–Crippen MR) is 54.2 cm³/mol. The van der Waals surface area contributed by atoms with Crippen molar-refractivity contribution < 1.29 is 8.78 Å². The number of hydrogen-bond acceptors (Lipinski definition) is 2. The highest BCUT2D eigenvalue weighted by molar-refractivity contribution is 5.46. The van der Waals surface area contributed by atoms with Crippen LogP contribution in [-0.2, 0) is 0 Å². The number of hydrogen-bond donors (Lipinski definition) is 1. The Morgan fingerprint density at radius 3 is 2.47 bits per heavy atom. The molecule has 0 heterocycles. The Morgan fingerprint density at radius 1 is 1.33 bits per heavy atom. The molecule has 0 fully saturated rings. The molecule has 0 bridgehead atoms. The summed E-state index contributed by atoms with van der Waals surface area (Å²) >= 11 is 0. The van der Waals surface area contributed by atoms with Gasteiger partial charge in [0.25, 0.3) is 0 Å². The first-order chi connectivity index (χ1) is 7.04. The summed E-state index contributed by atoms with van der Waals surface area (Å²) in [5, 5.41) is 11.5. The normalized spacial score (nSPS) is 12.3. The second-order valence-electron chi connectivity index (χ2n) is 3.62. The Hall–Kier alpha value is -1.63. The molecule has 15 heavy (non-hydrogen) atoms. The first-order valence-electron chi connectivity index (χ1n) is 4.65. The summed E-state index contributed by atoms with van der Waals surface area (Å²) in [5.41, 5.74) is 0.150. The molecule has 1 rings (SSSR count). The monoisotopic (exact) mass is 210 g/mol. The van der Waals surface area contributed by atoms with Crippen LogP contribution in [0.3, 0.4) is 0 Å². The Bertz CT molecular complexity index is 383. The van der Waals surface area contributed by atoms with Crippen molar-refractivity contribution in [2.75, 3.05) is 5.32 Å². The molecular formula is C11H12F2N2. The smallest absolute Gasteiger partial charge is 0.149 e. The van der Waals surface area contributed by atoms with Crippen LogP contribution < -0.4 is 5.32 Å². The first kappa shape index (κ1) is 11.4. The highest BCUT2D eigenvalue weighted by Crippen LogP contribution is 2.17. The maximum absolute atomic E-state index is 13.2. The predicted octanol–water partition coefficient (Wildman–Crippen LogP) is 2.92. The van der Waals surface area contributed by atoms with Crippen LogP contribution in [0.1, 0.15) is 13.8 Å². The highest BCUT2D eigenvalue weighted by Gasteiger charge is 2.13. The van der Waals surface area contributed by atoms with Crippen LogP contribution in [0.2, 0.25) is 0 Å². The lowest BCUT2D eigenvalue weighted by atomic mass is 10.1. The van der Waals surface area contributed by atoms with Gasteiger partial charge in [-0.3, -0.25) is 0 Å². The molecule has 1 N–H and O–H groups in total. The lowest BCUT2D eigenvalue weighted by Crippen LogP contribution is -2.24. The fraction of sp³-hybridized carbons (Fsp3) is 0.364. The lowest BCUT2D eigenvalue weighted by Gasteiger charge is -2.16. The lowest BCUT2D eigenvalue weighted by molar-refractivity contribution is 0.574. The summed E-state index contributed by atoms with van der Waals surface area (Å²) < 4.78 is 25.8. The third kappa shape index (κ3) is 2.91. The number of nitriles is 1. The standard InChI is InChI=1S/C11H12F2N2/c1-7(2)11(6-14)15-10-4-3-8(12)5-9(10)13/h3-5,7,11,15H,1-2H3. The van der Waals surface area contributed by atoms with Crippen LogP contribution in [0.15, 0.2) is 18.2 Å². The van der Waals surface area contributed by atoms with Gasteiger partial charge in [0.15, 0.2) is 0 Å². The molecule has 1 aromatic rings. The fourth-order valence-corrected chi connectivity index (χ4v) is 1.12. The van der Waals surface area contributed by atoms with E-state index in [1.54, 1.807) is 0 Å². The van der Waals surface area contributed by atoms with E-state index < -0.39 is 17.7 Å². The Kier molecular flexibility index (Phi) is 3.62. The number of halogens is 2. The van der Waals surface area contributed by atoms with E-state index >= 15 is 0 Å². The number of anilines is 1. The van der Waals surface area contributed by atoms with E-state index in [1.165, 1.54) is 6.07 Å². The van der Waals surface area contributed by atoms with Crippen molar-refractivity contribution >= 4 is 5.69 Å². The van der Waals surface area contributed by atoms with Crippen LogP contribution in [0, 0.1) is 28.9 Å². The number of nitrogens with zero attached hydrogens (tertiary/aromatic N) is 1. The average molecular weight is 210 g/mol. The Labute approximate surface area is 87.5 Å². The zero-order chi connectivity index (χ0) is 11.4. The van der Waals surface area contributed by atoms with Crippen molar-refractivity contribution in [2.24, 2.45) is 5.92 Å².